The molecular formula is C9H17ClO3. The van der Waals surface area contributed by atoms with Gasteiger partial charge in [0.2, 0.25) is 0 Å². The first-order chi connectivity index (χ1) is 5.95. The van der Waals surface area contributed by atoms with E-state index < -0.39 is 5.60 Å². The molecule has 0 bridgehead atoms. The van der Waals surface area contributed by atoms with Gasteiger partial charge in [-0.15, -0.1) is 11.6 Å². The number of halogens is 1. The molecule has 0 N–H and O–H groups in total. The van der Waals surface area contributed by atoms with Crippen molar-refractivity contribution in [3.8, 4) is 0 Å². The summed E-state index contributed by atoms with van der Waals surface area (Å²) in [4.78, 5) is 11.0. The van der Waals surface area contributed by atoms with Gasteiger partial charge < -0.3 is 9.47 Å². The van der Waals surface area contributed by atoms with Gasteiger partial charge in [0.1, 0.15) is 12.2 Å². The quantitative estimate of drug-likeness (QED) is 0.394. The predicted molar refractivity (Wildman–Crippen MR) is 52.0 cm³/mol. The molecule has 13 heavy (non-hydrogen) atoms. The molecule has 3 nitrogen and oxygen atoms in total. The summed E-state index contributed by atoms with van der Waals surface area (Å²) in [7, 11) is 0. The Hall–Kier alpha value is -0.280. The van der Waals surface area contributed by atoms with Crippen molar-refractivity contribution in [2.24, 2.45) is 0 Å². The number of rotatable bonds is 5. The van der Waals surface area contributed by atoms with Crippen molar-refractivity contribution in [1.29, 1.82) is 0 Å². The summed E-state index contributed by atoms with van der Waals surface area (Å²) in [6.07, 6.45) is 0.754. The van der Waals surface area contributed by atoms with E-state index in [0.29, 0.717) is 12.5 Å². The second kappa shape index (κ2) is 6.22. The fourth-order valence-electron chi connectivity index (χ4n) is 0.683. The first kappa shape index (κ1) is 12.7. The van der Waals surface area contributed by atoms with Gasteiger partial charge in [0.05, 0.1) is 0 Å². The second-order valence-corrected chi connectivity index (χ2v) is 4.06. The summed E-state index contributed by atoms with van der Waals surface area (Å²) in [5.74, 6) is 0.219. The van der Waals surface area contributed by atoms with E-state index in [9.17, 15) is 4.79 Å². The fraction of sp³-hybridized carbons (Fsp3) is 0.889. The van der Waals surface area contributed by atoms with Crippen molar-refractivity contribution in [2.75, 3.05) is 19.1 Å². The molecule has 0 radical (unpaired) electrons. The Labute approximate surface area is 84.4 Å². The first-order valence-electron chi connectivity index (χ1n) is 4.31. The Morgan fingerprint density at radius 2 is 2.00 bits per heavy atom. The van der Waals surface area contributed by atoms with E-state index in [-0.39, 0.29) is 12.6 Å². The summed E-state index contributed by atoms with van der Waals surface area (Å²) in [6.45, 7) is 5.98. The highest BCUT2D eigenvalue weighted by Crippen LogP contribution is 2.06. The molecule has 0 aliphatic heterocycles. The Morgan fingerprint density at radius 1 is 1.38 bits per heavy atom. The van der Waals surface area contributed by atoms with Crippen LogP contribution < -0.4 is 0 Å². The van der Waals surface area contributed by atoms with Crippen LogP contribution in [0.4, 0.5) is 0 Å². The van der Waals surface area contributed by atoms with E-state index in [1.165, 1.54) is 0 Å². The van der Waals surface area contributed by atoms with Crippen molar-refractivity contribution in [1.82, 2.24) is 0 Å². The van der Waals surface area contributed by atoms with Gasteiger partial charge in [-0.3, -0.25) is 0 Å². The minimum absolute atomic E-state index is 0.00809. The molecule has 0 aliphatic rings. The van der Waals surface area contributed by atoms with E-state index in [0.717, 1.165) is 6.42 Å². The standard InChI is InChI=1S/C9H17ClO3/c1-9(2,3)13-8(11)7-12-6-4-5-10/h4-7H2,1-3H3. The van der Waals surface area contributed by atoms with Crippen LogP contribution in [0.3, 0.4) is 0 Å². The van der Waals surface area contributed by atoms with Gasteiger partial charge >= 0.3 is 5.97 Å². The van der Waals surface area contributed by atoms with Crippen LogP contribution in [0.2, 0.25) is 0 Å². The van der Waals surface area contributed by atoms with E-state index in [1.807, 2.05) is 20.8 Å². The average Bonchev–Trinajstić information content (AvgIpc) is 1.94. The number of carbonyl (C=O) groups excluding carboxylic acids is 1. The summed E-state index contributed by atoms with van der Waals surface area (Å²) in [5, 5.41) is 0. The van der Waals surface area contributed by atoms with Crippen LogP contribution >= 0.6 is 11.6 Å². The van der Waals surface area contributed by atoms with Crippen LogP contribution in [0.25, 0.3) is 0 Å². The number of alkyl halides is 1. The molecule has 0 aromatic heterocycles. The normalized spacial score (nSPS) is 11.4. The van der Waals surface area contributed by atoms with Gasteiger partial charge in [-0.2, -0.15) is 0 Å². The first-order valence-corrected chi connectivity index (χ1v) is 4.85. The predicted octanol–water partition coefficient (Wildman–Crippen LogP) is 1.97. The Kier molecular flexibility index (Phi) is 6.08. The van der Waals surface area contributed by atoms with Crippen molar-refractivity contribution >= 4 is 17.6 Å². The van der Waals surface area contributed by atoms with Gasteiger partial charge in [-0.05, 0) is 27.2 Å². The van der Waals surface area contributed by atoms with Crippen LogP contribution in [0.5, 0.6) is 0 Å². The lowest BCUT2D eigenvalue weighted by molar-refractivity contribution is -0.160. The van der Waals surface area contributed by atoms with Gasteiger partial charge in [0, 0.05) is 12.5 Å². The van der Waals surface area contributed by atoms with E-state index in [1.54, 1.807) is 0 Å². The monoisotopic (exact) mass is 208 g/mol. The van der Waals surface area contributed by atoms with Crippen LogP contribution in [0, 0.1) is 0 Å². The maximum absolute atomic E-state index is 11.0. The average molecular weight is 209 g/mol. The molecule has 0 amide bonds. The van der Waals surface area contributed by atoms with E-state index in [4.69, 9.17) is 21.1 Å². The number of carbonyl (C=O) groups is 1. The van der Waals surface area contributed by atoms with Crippen LogP contribution in [-0.4, -0.2) is 30.7 Å². The van der Waals surface area contributed by atoms with Crippen LogP contribution in [0.15, 0.2) is 0 Å². The molecule has 0 aromatic rings. The zero-order valence-electron chi connectivity index (χ0n) is 8.43. The summed E-state index contributed by atoms with van der Waals surface area (Å²) >= 11 is 5.43. The lowest BCUT2D eigenvalue weighted by atomic mass is 10.2. The smallest absolute Gasteiger partial charge is 0.332 e. The maximum atomic E-state index is 11.0. The molecule has 0 heterocycles. The number of ether oxygens (including phenoxy) is 2. The zero-order chi connectivity index (χ0) is 10.3. The lowest BCUT2D eigenvalue weighted by Crippen LogP contribution is -2.26. The molecule has 78 valence electrons. The highest BCUT2D eigenvalue weighted by Gasteiger charge is 2.15. The fourth-order valence-corrected chi connectivity index (χ4v) is 0.792. The summed E-state index contributed by atoms with van der Waals surface area (Å²) in [6, 6.07) is 0. The molecule has 0 saturated heterocycles. The van der Waals surface area contributed by atoms with Gasteiger partial charge in [-0.25, -0.2) is 4.79 Å². The largest absolute Gasteiger partial charge is 0.458 e. The molecular weight excluding hydrogens is 192 g/mol. The Balaban J connectivity index is 3.41. The van der Waals surface area contributed by atoms with Crippen molar-refractivity contribution in [2.45, 2.75) is 32.8 Å². The van der Waals surface area contributed by atoms with Gasteiger partial charge in [0.15, 0.2) is 0 Å². The van der Waals surface area contributed by atoms with Gasteiger partial charge in [0.25, 0.3) is 0 Å². The lowest BCUT2D eigenvalue weighted by Gasteiger charge is -2.19. The SMILES string of the molecule is CC(C)(C)OC(=O)COCCCCl. The van der Waals surface area contributed by atoms with Gasteiger partial charge in [-0.1, -0.05) is 0 Å². The van der Waals surface area contributed by atoms with E-state index >= 15 is 0 Å². The molecule has 0 unspecified atom stereocenters. The topological polar surface area (TPSA) is 35.5 Å². The number of hydrogen-bond acceptors (Lipinski definition) is 3. The molecule has 0 spiro atoms. The molecule has 0 atom stereocenters. The number of esters is 1. The molecule has 0 aromatic carbocycles. The third kappa shape index (κ3) is 9.64. The second-order valence-electron chi connectivity index (χ2n) is 3.68. The molecule has 0 saturated carbocycles. The van der Waals surface area contributed by atoms with Crippen LogP contribution in [-0.2, 0) is 14.3 Å². The molecule has 0 aliphatic carbocycles. The van der Waals surface area contributed by atoms with Crippen LogP contribution in [0.1, 0.15) is 27.2 Å². The molecule has 0 rings (SSSR count). The third-order valence-electron chi connectivity index (χ3n) is 1.06. The Morgan fingerprint density at radius 3 is 2.46 bits per heavy atom. The minimum atomic E-state index is -0.438. The highest BCUT2D eigenvalue weighted by atomic mass is 35.5. The number of hydrogen-bond donors (Lipinski definition) is 0. The third-order valence-corrected chi connectivity index (χ3v) is 1.33. The highest BCUT2D eigenvalue weighted by molar-refractivity contribution is 6.17. The Bertz CT molecular complexity index is 151. The van der Waals surface area contributed by atoms with E-state index in [2.05, 4.69) is 0 Å². The molecule has 4 heteroatoms. The van der Waals surface area contributed by atoms with Crippen molar-refractivity contribution < 1.29 is 14.3 Å². The summed E-state index contributed by atoms with van der Waals surface area (Å²) in [5.41, 5.74) is -0.438. The maximum Gasteiger partial charge on any atom is 0.332 e. The zero-order valence-corrected chi connectivity index (χ0v) is 9.19. The minimum Gasteiger partial charge on any atom is -0.458 e. The van der Waals surface area contributed by atoms with Crippen molar-refractivity contribution in [3.63, 3.8) is 0 Å². The van der Waals surface area contributed by atoms with Crippen molar-refractivity contribution in [3.05, 3.63) is 0 Å². The summed E-state index contributed by atoms with van der Waals surface area (Å²) < 4.78 is 10.0. The molecule has 0 fully saturated rings.